The molecular formula is C38H53F2N9O4. The van der Waals surface area contributed by atoms with Gasteiger partial charge in [0.15, 0.2) is 11.3 Å². The van der Waals surface area contributed by atoms with E-state index in [1.807, 2.05) is 31.7 Å². The molecule has 5 fully saturated rings. The molecule has 15 heteroatoms. The van der Waals surface area contributed by atoms with Gasteiger partial charge in [-0.25, -0.2) is 23.1 Å². The highest BCUT2D eigenvalue weighted by Crippen LogP contribution is 2.42. The topological polar surface area (TPSA) is 122 Å². The third-order valence-electron chi connectivity index (χ3n) is 12.3. The van der Waals surface area contributed by atoms with Crippen molar-refractivity contribution in [3.8, 4) is 0 Å². The normalized spacial score (nSPS) is 26.5. The third-order valence-corrected chi connectivity index (χ3v) is 12.3. The Bertz CT molecular complexity index is 1770. The first kappa shape index (κ1) is 36.1. The Morgan fingerprint density at radius 3 is 2.34 bits per heavy atom. The lowest BCUT2D eigenvalue weighted by molar-refractivity contribution is -0.00438. The number of hydrogen-bond acceptors (Lipinski definition) is 9. The average molecular weight is 738 g/mol. The Kier molecular flexibility index (Phi) is 9.84. The van der Waals surface area contributed by atoms with E-state index < -0.39 is 23.6 Å². The van der Waals surface area contributed by atoms with E-state index in [9.17, 15) is 18.4 Å². The third kappa shape index (κ3) is 7.87. The lowest BCUT2D eigenvalue weighted by Crippen LogP contribution is -2.49. The minimum absolute atomic E-state index is 0.000738. The summed E-state index contributed by atoms with van der Waals surface area (Å²) in [5, 5.41) is 11.3. The van der Waals surface area contributed by atoms with E-state index in [0.717, 1.165) is 116 Å². The molecule has 1 unspecified atom stereocenters. The maximum atomic E-state index is 14.2. The number of anilines is 2. The molecule has 1 N–H and O–H groups in total. The highest BCUT2D eigenvalue weighted by molar-refractivity contribution is 6.08. The van der Waals surface area contributed by atoms with Gasteiger partial charge in [0, 0.05) is 45.1 Å². The van der Waals surface area contributed by atoms with Gasteiger partial charge in [-0.3, -0.25) is 9.48 Å². The summed E-state index contributed by atoms with van der Waals surface area (Å²) >= 11 is 0. The smallest absolute Gasteiger partial charge is 0.410 e. The molecule has 3 aromatic heterocycles. The minimum Gasteiger partial charge on any atom is -0.444 e. The zero-order valence-corrected chi connectivity index (χ0v) is 31.2. The van der Waals surface area contributed by atoms with Crippen LogP contribution in [0.3, 0.4) is 0 Å². The number of halogens is 2. The number of morpholine rings is 1. The summed E-state index contributed by atoms with van der Waals surface area (Å²) in [5.74, 6) is 0.749. The number of carbonyl (C=O) groups excluding carboxylic acids is 2. The van der Waals surface area contributed by atoms with Crippen LogP contribution in [0.15, 0.2) is 24.7 Å². The van der Waals surface area contributed by atoms with Gasteiger partial charge in [0.1, 0.15) is 17.0 Å². The van der Waals surface area contributed by atoms with Gasteiger partial charge in [-0.1, -0.05) is 0 Å². The first-order valence-corrected chi connectivity index (χ1v) is 19.5. The van der Waals surface area contributed by atoms with Gasteiger partial charge in [0.2, 0.25) is 0 Å². The number of rotatable bonds is 7. The van der Waals surface area contributed by atoms with E-state index in [2.05, 4.69) is 25.3 Å². The Morgan fingerprint density at radius 2 is 1.68 bits per heavy atom. The van der Waals surface area contributed by atoms with Gasteiger partial charge >= 0.3 is 6.09 Å². The number of likely N-dealkylation sites (tertiary alicyclic amines) is 2. The summed E-state index contributed by atoms with van der Waals surface area (Å²) < 4.78 is 43.2. The quantitative estimate of drug-likeness (QED) is 0.297. The van der Waals surface area contributed by atoms with E-state index in [0.29, 0.717) is 17.0 Å². The second-order valence-electron chi connectivity index (χ2n) is 17.1. The molecule has 0 aromatic carbocycles. The zero-order chi connectivity index (χ0) is 36.9. The van der Waals surface area contributed by atoms with Crippen molar-refractivity contribution in [2.24, 2.45) is 11.3 Å². The van der Waals surface area contributed by atoms with Crippen LogP contribution >= 0.6 is 0 Å². The molecule has 1 aliphatic carbocycles. The molecule has 8 rings (SSSR count). The van der Waals surface area contributed by atoms with Crippen molar-refractivity contribution in [1.82, 2.24) is 34.2 Å². The van der Waals surface area contributed by atoms with Crippen LogP contribution in [-0.2, 0) is 9.47 Å². The van der Waals surface area contributed by atoms with Crippen molar-refractivity contribution in [3.63, 3.8) is 0 Å². The summed E-state index contributed by atoms with van der Waals surface area (Å²) in [5.41, 5.74) is 0.0203. The number of alkyl halides is 2. The number of nitrogens with zero attached hydrogens (tertiary/aromatic N) is 8. The number of ether oxygens (including phenoxy) is 2. The van der Waals surface area contributed by atoms with Crippen molar-refractivity contribution in [1.29, 1.82) is 0 Å². The maximum Gasteiger partial charge on any atom is 0.410 e. The summed E-state index contributed by atoms with van der Waals surface area (Å²) in [6.07, 6.45) is 12.3. The predicted octanol–water partition coefficient (Wildman–Crippen LogP) is 6.33. The molecule has 4 saturated heterocycles. The van der Waals surface area contributed by atoms with Crippen molar-refractivity contribution in [2.75, 3.05) is 56.0 Å². The van der Waals surface area contributed by atoms with Crippen LogP contribution in [0.2, 0.25) is 0 Å². The standard InChI is InChI=1S/C38H53F2N9O4/c1-37(2,3)53-36(51)46-18-13-38(14-19-46)11-16-45(17-12-38)21-25-4-6-26(7-5-25)49-24-30(32(44-49)33(39)40)42-35(50)29-20-41-48-15-10-31(43-34(29)48)47-22-27-8-9-28(23-47)52-27/h10,15,20,24-28,33H,4-9,11-14,16-19,21-23H2,1-3H3,(H,42,50)/t25?,26?,27-,28?/m1/s1. The Balaban J connectivity index is 0.839. The molecule has 2 amide bonds. The molecule has 0 radical (unpaired) electrons. The molecule has 7 heterocycles. The zero-order valence-electron chi connectivity index (χ0n) is 31.2. The number of fused-ring (bicyclic) bond motifs is 3. The van der Waals surface area contributed by atoms with Crippen LogP contribution in [-0.4, -0.2) is 110 Å². The van der Waals surface area contributed by atoms with Crippen LogP contribution < -0.4 is 10.2 Å². The van der Waals surface area contributed by atoms with Gasteiger partial charge in [-0.05, 0) is 115 Å². The van der Waals surface area contributed by atoms with E-state index in [1.165, 1.54) is 10.7 Å². The molecule has 1 spiro atoms. The van der Waals surface area contributed by atoms with Crippen LogP contribution in [0, 0.1) is 11.3 Å². The highest BCUT2D eigenvalue weighted by atomic mass is 19.3. The Labute approximate surface area is 309 Å². The fourth-order valence-corrected chi connectivity index (χ4v) is 9.19. The van der Waals surface area contributed by atoms with E-state index >= 15 is 0 Å². The minimum atomic E-state index is -2.83. The number of piperidine rings is 2. The second kappa shape index (κ2) is 14.4. The summed E-state index contributed by atoms with van der Waals surface area (Å²) in [7, 11) is 0. The van der Waals surface area contributed by atoms with Crippen molar-refractivity contribution in [2.45, 2.75) is 115 Å². The Morgan fingerprint density at radius 1 is 1.00 bits per heavy atom. The monoisotopic (exact) mass is 737 g/mol. The number of nitrogens with one attached hydrogen (secondary N) is 1. The van der Waals surface area contributed by atoms with Gasteiger partial charge in [0.05, 0.1) is 30.1 Å². The largest absolute Gasteiger partial charge is 0.444 e. The van der Waals surface area contributed by atoms with Crippen molar-refractivity contribution in [3.05, 3.63) is 35.9 Å². The first-order chi connectivity index (χ1) is 25.4. The van der Waals surface area contributed by atoms with E-state index in [4.69, 9.17) is 14.5 Å². The highest BCUT2D eigenvalue weighted by Gasteiger charge is 2.40. The van der Waals surface area contributed by atoms with Gasteiger partial charge in [0.25, 0.3) is 12.3 Å². The number of hydrogen-bond donors (Lipinski definition) is 1. The van der Waals surface area contributed by atoms with Gasteiger partial charge < -0.3 is 29.5 Å². The molecule has 3 aromatic rings. The number of amides is 2. The lowest BCUT2D eigenvalue weighted by Gasteiger charge is -2.47. The molecule has 2 atom stereocenters. The lowest BCUT2D eigenvalue weighted by atomic mass is 9.71. The summed E-state index contributed by atoms with van der Waals surface area (Å²) in [4.78, 5) is 37.5. The van der Waals surface area contributed by atoms with Gasteiger partial charge in [-0.15, -0.1) is 0 Å². The fourth-order valence-electron chi connectivity index (χ4n) is 9.19. The van der Waals surface area contributed by atoms with Crippen LogP contribution in [0.1, 0.15) is 113 Å². The SMILES string of the molecule is CC(C)(C)OC(=O)N1CCC2(CCN(CC3CCC(n4cc(NC(=O)c5cnn6ccc(N7CC8CC[C@H](C7)O8)nc56)c(C(F)F)n4)CC3)CC2)CC1. The molecule has 1 saturated carbocycles. The van der Waals surface area contributed by atoms with Gasteiger partial charge in [-0.2, -0.15) is 10.2 Å². The van der Waals surface area contributed by atoms with E-state index in [-0.39, 0.29) is 35.6 Å². The second-order valence-corrected chi connectivity index (χ2v) is 17.1. The summed E-state index contributed by atoms with van der Waals surface area (Å²) in [6.45, 7) is 11.9. The van der Waals surface area contributed by atoms with Crippen LogP contribution in [0.25, 0.3) is 5.65 Å². The molecule has 13 nitrogen and oxygen atoms in total. The fraction of sp³-hybridized carbons (Fsp3) is 0.711. The summed E-state index contributed by atoms with van der Waals surface area (Å²) in [6, 6.07) is 1.88. The predicted molar refractivity (Wildman–Crippen MR) is 194 cm³/mol. The average Bonchev–Trinajstić information content (AvgIpc) is 3.85. The maximum absolute atomic E-state index is 14.2. The van der Waals surface area contributed by atoms with Crippen molar-refractivity contribution >= 4 is 29.2 Å². The van der Waals surface area contributed by atoms with Crippen molar-refractivity contribution < 1.29 is 27.8 Å². The first-order valence-electron chi connectivity index (χ1n) is 19.5. The van der Waals surface area contributed by atoms with Crippen LogP contribution in [0.4, 0.5) is 25.1 Å². The number of aromatic nitrogens is 5. The molecule has 288 valence electrons. The van der Waals surface area contributed by atoms with Crippen LogP contribution in [0.5, 0.6) is 0 Å². The molecular weight excluding hydrogens is 684 g/mol. The number of carbonyl (C=O) groups is 2. The Hall–Kier alpha value is -3.85. The molecule has 5 aliphatic rings. The molecule has 2 bridgehead atoms. The molecule has 4 aliphatic heterocycles. The molecule has 53 heavy (non-hydrogen) atoms. The van der Waals surface area contributed by atoms with E-state index in [1.54, 1.807) is 17.1 Å².